The maximum atomic E-state index is 3.52. The van der Waals surface area contributed by atoms with Crippen LogP contribution in [0.5, 0.6) is 0 Å². The number of piperidine rings is 1. The molecule has 3 N–H and O–H groups in total. The normalized spacial score (nSPS) is 27.4. The largest absolute Gasteiger partial charge is 0.316 e. The SMILES string of the molecule is CC(C)C1CCCCN1.CC(C)C1CCNC1.CC(C)C1CNC1. The lowest BCUT2D eigenvalue weighted by Gasteiger charge is -2.30. The molecule has 3 heterocycles. The molecule has 0 aromatic rings. The zero-order valence-electron chi connectivity index (χ0n) is 17.3. The van der Waals surface area contributed by atoms with E-state index in [0.29, 0.717) is 0 Å². The van der Waals surface area contributed by atoms with Crippen LogP contribution in [0.25, 0.3) is 0 Å². The van der Waals surface area contributed by atoms with Gasteiger partial charge in [0.25, 0.3) is 0 Å². The molecule has 3 rings (SSSR count). The molecule has 0 bridgehead atoms. The molecule has 0 amide bonds. The Kier molecular flexibility index (Phi) is 11.2. The van der Waals surface area contributed by atoms with Crippen molar-refractivity contribution in [3.63, 3.8) is 0 Å². The lowest BCUT2D eigenvalue weighted by atomic mass is 9.91. The summed E-state index contributed by atoms with van der Waals surface area (Å²) in [6.45, 7) is 20.0. The standard InChI is InChI=1S/C8H17N.C7H15N.C6H13N/c1-7(2)8-5-3-4-6-9-8;1-6(2)7-3-4-8-5-7;1-5(2)6-3-7-4-6/h7-9H,3-6H2,1-2H3;6-8H,3-5H2,1-2H3;5-7H,3-4H2,1-2H3. The molecule has 3 fully saturated rings. The van der Waals surface area contributed by atoms with E-state index in [1.807, 2.05) is 0 Å². The fourth-order valence-electron chi connectivity index (χ4n) is 3.48. The van der Waals surface area contributed by atoms with E-state index in [1.165, 1.54) is 58.4 Å². The zero-order chi connectivity index (χ0) is 17.9. The van der Waals surface area contributed by atoms with Gasteiger partial charge in [-0.3, -0.25) is 0 Å². The summed E-state index contributed by atoms with van der Waals surface area (Å²) in [6.07, 6.45) is 5.58. The molecule has 3 aliphatic rings. The Morgan fingerprint density at radius 3 is 1.46 bits per heavy atom. The monoisotopic (exact) mass is 339 g/mol. The van der Waals surface area contributed by atoms with Gasteiger partial charge in [-0.1, -0.05) is 48.0 Å². The van der Waals surface area contributed by atoms with Crippen molar-refractivity contribution in [2.45, 2.75) is 73.3 Å². The van der Waals surface area contributed by atoms with Crippen LogP contribution < -0.4 is 16.0 Å². The van der Waals surface area contributed by atoms with Gasteiger partial charge in [-0.25, -0.2) is 0 Å². The molecule has 0 spiro atoms. The molecule has 24 heavy (non-hydrogen) atoms. The zero-order valence-corrected chi connectivity index (χ0v) is 17.3. The van der Waals surface area contributed by atoms with Gasteiger partial charge in [0, 0.05) is 6.04 Å². The molecular formula is C21H45N3. The molecule has 3 nitrogen and oxygen atoms in total. The van der Waals surface area contributed by atoms with Crippen LogP contribution in [0.15, 0.2) is 0 Å². The lowest BCUT2D eigenvalue weighted by molar-refractivity contribution is 0.265. The summed E-state index contributed by atoms with van der Waals surface area (Å²) in [7, 11) is 0. The van der Waals surface area contributed by atoms with Gasteiger partial charge in [0.1, 0.15) is 0 Å². The highest BCUT2D eigenvalue weighted by atomic mass is 14.9. The molecule has 2 unspecified atom stereocenters. The summed E-state index contributed by atoms with van der Waals surface area (Å²) in [5.41, 5.74) is 0. The lowest BCUT2D eigenvalue weighted by Crippen LogP contribution is -2.44. The number of hydrogen-bond acceptors (Lipinski definition) is 3. The molecule has 0 aromatic carbocycles. The third kappa shape index (κ3) is 8.82. The van der Waals surface area contributed by atoms with Crippen LogP contribution in [0.4, 0.5) is 0 Å². The number of nitrogens with one attached hydrogen (secondary N) is 3. The highest BCUT2D eigenvalue weighted by Crippen LogP contribution is 2.17. The smallest absolute Gasteiger partial charge is 0.00900 e. The molecule has 0 radical (unpaired) electrons. The van der Waals surface area contributed by atoms with Crippen molar-refractivity contribution in [3.8, 4) is 0 Å². The molecule has 3 saturated heterocycles. The van der Waals surface area contributed by atoms with E-state index in [-0.39, 0.29) is 0 Å². The molecule has 0 aliphatic carbocycles. The predicted octanol–water partition coefficient (Wildman–Crippen LogP) is 3.90. The van der Waals surface area contributed by atoms with Gasteiger partial charge in [0.05, 0.1) is 0 Å². The van der Waals surface area contributed by atoms with E-state index >= 15 is 0 Å². The van der Waals surface area contributed by atoms with Crippen molar-refractivity contribution >= 4 is 0 Å². The Hall–Kier alpha value is -0.120. The molecule has 0 aromatic heterocycles. The first kappa shape index (κ1) is 21.9. The first-order valence-corrected chi connectivity index (χ1v) is 10.6. The van der Waals surface area contributed by atoms with Gasteiger partial charge < -0.3 is 16.0 Å². The van der Waals surface area contributed by atoms with Gasteiger partial charge in [0.2, 0.25) is 0 Å². The van der Waals surface area contributed by atoms with Crippen LogP contribution in [-0.4, -0.2) is 38.8 Å². The van der Waals surface area contributed by atoms with Gasteiger partial charge in [-0.15, -0.1) is 0 Å². The predicted molar refractivity (Wildman–Crippen MR) is 107 cm³/mol. The van der Waals surface area contributed by atoms with Crippen LogP contribution in [0.2, 0.25) is 0 Å². The Morgan fingerprint density at radius 2 is 1.25 bits per heavy atom. The quantitative estimate of drug-likeness (QED) is 0.730. The molecule has 3 heteroatoms. The molecule has 144 valence electrons. The van der Waals surface area contributed by atoms with E-state index < -0.39 is 0 Å². The molecule has 0 saturated carbocycles. The third-order valence-corrected chi connectivity index (χ3v) is 5.95. The summed E-state index contributed by atoms with van der Waals surface area (Å²) >= 11 is 0. The minimum Gasteiger partial charge on any atom is -0.316 e. The summed E-state index contributed by atoms with van der Waals surface area (Å²) < 4.78 is 0. The molecular weight excluding hydrogens is 294 g/mol. The third-order valence-electron chi connectivity index (χ3n) is 5.95. The second-order valence-corrected chi connectivity index (χ2v) is 8.96. The second-order valence-electron chi connectivity index (χ2n) is 8.96. The van der Waals surface area contributed by atoms with E-state index in [9.17, 15) is 0 Å². The highest BCUT2D eigenvalue weighted by Gasteiger charge is 2.19. The maximum absolute atomic E-state index is 3.52. The molecule has 3 aliphatic heterocycles. The fourth-order valence-corrected chi connectivity index (χ4v) is 3.48. The Labute approximate surface area is 152 Å². The summed E-state index contributed by atoms with van der Waals surface area (Å²) in [5.74, 6) is 4.52. The first-order chi connectivity index (χ1) is 11.4. The molecule has 2 atom stereocenters. The average molecular weight is 340 g/mol. The van der Waals surface area contributed by atoms with Crippen molar-refractivity contribution in [2.24, 2.45) is 29.6 Å². The summed E-state index contributed by atoms with van der Waals surface area (Å²) in [6, 6.07) is 0.804. The highest BCUT2D eigenvalue weighted by molar-refractivity contribution is 4.76. The van der Waals surface area contributed by atoms with Crippen LogP contribution in [0, 0.1) is 29.6 Å². The average Bonchev–Trinajstić information content (AvgIpc) is 3.01. The number of hydrogen-bond donors (Lipinski definition) is 3. The Balaban J connectivity index is 0.000000181. The topological polar surface area (TPSA) is 36.1 Å². The van der Waals surface area contributed by atoms with Gasteiger partial charge in [-0.2, -0.15) is 0 Å². The van der Waals surface area contributed by atoms with Crippen molar-refractivity contribution in [1.29, 1.82) is 0 Å². The van der Waals surface area contributed by atoms with Gasteiger partial charge in [0.15, 0.2) is 0 Å². The van der Waals surface area contributed by atoms with Crippen molar-refractivity contribution in [2.75, 3.05) is 32.7 Å². The van der Waals surface area contributed by atoms with E-state index in [2.05, 4.69) is 57.5 Å². The summed E-state index contributed by atoms with van der Waals surface area (Å²) in [5, 5.41) is 10.1. The summed E-state index contributed by atoms with van der Waals surface area (Å²) in [4.78, 5) is 0. The van der Waals surface area contributed by atoms with Gasteiger partial charge in [-0.05, 0) is 81.6 Å². The minimum atomic E-state index is 0.804. The number of rotatable bonds is 3. The fraction of sp³-hybridized carbons (Fsp3) is 1.00. The van der Waals surface area contributed by atoms with E-state index in [4.69, 9.17) is 0 Å². The van der Waals surface area contributed by atoms with E-state index in [0.717, 1.165) is 35.6 Å². The van der Waals surface area contributed by atoms with Crippen molar-refractivity contribution < 1.29 is 0 Å². The van der Waals surface area contributed by atoms with Crippen molar-refractivity contribution in [1.82, 2.24) is 16.0 Å². The first-order valence-electron chi connectivity index (χ1n) is 10.6. The van der Waals surface area contributed by atoms with E-state index in [1.54, 1.807) is 0 Å². The van der Waals surface area contributed by atoms with Crippen LogP contribution in [0.1, 0.15) is 67.2 Å². The van der Waals surface area contributed by atoms with Crippen molar-refractivity contribution in [3.05, 3.63) is 0 Å². The van der Waals surface area contributed by atoms with Crippen LogP contribution in [0.3, 0.4) is 0 Å². The Morgan fingerprint density at radius 1 is 0.625 bits per heavy atom. The minimum absolute atomic E-state index is 0.804. The second kappa shape index (κ2) is 12.3. The Bertz CT molecular complexity index is 285. The van der Waals surface area contributed by atoms with Crippen LogP contribution in [-0.2, 0) is 0 Å². The van der Waals surface area contributed by atoms with Crippen LogP contribution >= 0.6 is 0 Å². The maximum Gasteiger partial charge on any atom is 0.00900 e. The van der Waals surface area contributed by atoms with Gasteiger partial charge >= 0.3 is 0 Å².